The molecule has 0 amide bonds. The third kappa shape index (κ3) is 2.08. The number of H-pyrrole nitrogens is 1. The van der Waals surface area contributed by atoms with E-state index in [1.165, 1.54) is 10.9 Å². The number of nitrogens with one attached hydrogen (secondary N) is 1. The summed E-state index contributed by atoms with van der Waals surface area (Å²) in [5.41, 5.74) is 5.23. The van der Waals surface area contributed by atoms with E-state index < -0.39 is 36.7 Å². The van der Waals surface area contributed by atoms with Gasteiger partial charge in [-0.1, -0.05) is 6.42 Å². The van der Waals surface area contributed by atoms with Gasteiger partial charge in [-0.2, -0.15) is 4.98 Å². The van der Waals surface area contributed by atoms with Gasteiger partial charge in [0.1, 0.15) is 18.3 Å². The molecule has 2 aromatic heterocycles. The van der Waals surface area contributed by atoms with Crippen LogP contribution in [0.2, 0.25) is 0 Å². The summed E-state index contributed by atoms with van der Waals surface area (Å²) in [5, 5.41) is 19.3. The highest BCUT2D eigenvalue weighted by Crippen LogP contribution is 2.32. The number of nitrogen functional groups attached to an aromatic ring is 1. The van der Waals surface area contributed by atoms with E-state index in [1.807, 2.05) is 6.11 Å². The topological polar surface area (TPSA) is 149 Å². The molecule has 0 aromatic carbocycles. The Kier molecular flexibility index (Phi) is 3.45. The van der Waals surface area contributed by atoms with Crippen molar-refractivity contribution >= 4 is 17.1 Å². The summed E-state index contributed by atoms with van der Waals surface area (Å²) < 4.78 is 11.9. The first-order valence-electron chi connectivity index (χ1n) is 6.34. The van der Waals surface area contributed by atoms with Crippen molar-refractivity contribution in [1.29, 1.82) is 0 Å². The van der Waals surface area contributed by atoms with Gasteiger partial charge in [-0.15, -0.1) is 0 Å². The maximum Gasteiger partial charge on any atom is 0.280 e. The smallest absolute Gasteiger partial charge is 0.280 e. The first-order valence-corrected chi connectivity index (χ1v) is 6.34. The molecule has 0 aliphatic carbocycles. The van der Waals surface area contributed by atoms with Gasteiger partial charge in [0.15, 0.2) is 23.5 Å². The summed E-state index contributed by atoms with van der Waals surface area (Å²) >= 11 is 0. The fraction of sp³-hybridized carbons (Fsp3) is 0.417. The first-order chi connectivity index (χ1) is 10.6. The van der Waals surface area contributed by atoms with Crippen LogP contribution in [0.25, 0.3) is 11.2 Å². The summed E-state index contributed by atoms with van der Waals surface area (Å²) in [5.74, 6) is -0.0917. The van der Waals surface area contributed by atoms with Gasteiger partial charge in [0, 0.05) is 0 Å². The second-order valence-electron chi connectivity index (χ2n) is 4.71. The van der Waals surface area contributed by atoms with Crippen molar-refractivity contribution in [2.75, 3.05) is 12.3 Å². The van der Waals surface area contributed by atoms with Crippen molar-refractivity contribution in [2.24, 2.45) is 0 Å². The van der Waals surface area contributed by atoms with Gasteiger partial charge in [0.05, 0.1) is 12.9 Å². The lowest BCUT2D eigenvalue weighted by Crippen LogP contribution is -2.34. The maximum atomic E-state index is 11.8. The minimum absolute atomic E-state index is 0.0548. The second-order valence-corrected chi connectivity index (χ2v) is 4.71. The zero-order valence-corrected chi connectivity index (χ0v) is 11.2. The molecular formula is C12H13N5O5. The largest absolute Gasteiger partial charge is 0.436 e. The van der Waals surface area contributed by atoms with Crippen molar-refractivity contribution in [3.8, 4) is 12.5 Å². The Hall–Kier alpha value is -2.61. The normalized spacial score (nSPS) is 27.9. The summed E-state index contributed by atoms with van der Waals surface area (Å²) in [6, 6.07) is 0. The number of nitrogens with two attached hydrogens (primary N) is 1. The first kappa shape index (κ1) is 14.3. The second kappa shape index (κ2) is 5.30. The molecule has 10 nitrogen and oxygen atoms in total. The predicted molar refractivity (Wildman–Crippen MR) is 73.3 cm³/mol. The quantitative estimate of drug-likeness (QED) is 0.472. The van der Waals surface area contributed by atoms with E-state index in [0.29, 0.717) is 0 Å². The van der Waals surface area contributed by atoms with Gasteiger partial charge < -0.3 is 25.4 Å². The summed E-state index contributed by atoms with van der Waals surface area (Å²) in [7, 11) is 0. The van der Waals surface area contributed by atoms with E-state index in [0.717, 1.165) is 0 Å². The molecule has 22 heavy (non-hydrogen) atoms. The molecule has 4 atom stereocenters. The number of imidazole rings is 1. The lowest BCUT2D eigenvalue weighted by atomic mass is 10.1. The molecule has 5 N–H and O–H groups in total. The highest BCUT2D eigenvalue weighted by molar-refractivity contribution is 5.70. The van der Waals surface area contributed by atoms with Crippen molar-refractivity contribution < 1.29 is 19.7 Å². The SMILES string of the molecule is C#CO[C@@H]1[C@@H](O)[C@@H](CO)O[C@H]1n1cnc2c(=O)[nH]c(N)nc21. The van der Waals surface area contributed by atoms with Crippen LogP contribution >= 0.6 is 0 Å². The molecule has 1 saturated heterocycles. The van der Waals surface area contributed by atoms with Crippen molar-refractivity contribution in [3.63, 3.8) is 0 Å². The summed E-state index contributed by atoms with van der Waals surface area (Å²) in [6.07, 6.45) is 4.49. The standard InChI is InChI=1S/C12H13N5O5/c1-2-21-8-7(19)5(3-18)22-11(8)17-4-14-6-9(17)15-12(13)16-10(6)20/h1,4-5,7-8,11,18-19H,3H2,(H3,13,15,16,20)/t5-,7+,8-,11-/m1/s1. The Morgan fingerprint density at radius 2 is 2.41 bits per heavy atom. The molecule has 0 unspecified atom stereocenters. The highest BCUT2D eigenvalue weighted by atomic mass is 16.6. The number of aliphatic hydroxyl groups excluding tert-OH is 2. The number of anilines is 1. The van der Waals surface area contributed by atoms with Crippen LogP contribution in [-0.2, 0) is 9.47 Å². The number of fused-ring (bicyclic) bond motifs is 1. The molecule has 2 aromatic rings. The van der Waals surface area contributed by atoms with E-state index >= 15 is 0 Å². The maximum absolute atomic E-state index is 11.8. The molecule has 1 fully saturated rings. The fourth-order valence-electron chi connectivity index (χ4n) is 2.43. The minimum Gasteiger partial charge on any atom is -0.436 e. The zero-order chi connectivity index (χ0) is 15.9. The Bertz CT molecular complexity index is 793. The van der Waals surface area contributed by atoms with Gasteiger partial charge in [-0.05, 0) is 0 Å². The molecule has 1 aliphatic heterocycles. The molecule has 116 valence electrons. The summed E-state index contributed by atoms with van der Waals surface area (Å²) in [4.78, 5) is 22.0. The average molecular weight is 307 g/mol. The number of rotatable bonds is 3. The number of aromatic amines is 1. The molecular weight excluding hydrogens is 294 g/mol. The Morgan fingerprint density at radius 3 is 3.09 bits per heavy atom. The molecule has 1 aliphatic rings. The predicted octanol–water partition coefficient (Wildman–Crippen LogP) is -2.07. The fourth-order valence-corrected chi connectivity index (χ4v) is 2.43. The van der Waals surface area contributed by atoms with E-state index in [9.17, 15) is 15.0 Å². The third-order valence-corrected chi connectivity index (χ3v) is 3.42. The molecule has 3 heterocycles. The number of aromatic nitrogens is 4. The monoisotopic (exact) mass is 307 g/mol. The molecule has 10 heteroatoms. The van der Waals surface area contributed by atoms with Gasteiger partial charge in [0.25, 0.3) is 5.56 Å². The van der Waals surface area contributed by atoms with Crippen LogP contribution in [0.5, 0.6) is 0 Å². The number of ether oxygens (including phenoxy) is 2. The van der Waals surface area contributed by atoms with Crippen LogP contribution in [0.1, 0.15) is 6.23 Å². The molecule has 0 bridgehead atoms. The number of hydrogen-bond acceptors (Lipinski definition) is 8. The Morgan fingerprint density at radius 1 is 1.64 bits per heavy atom. The Labute approximate surface area is 123 Å². The van der Waals surface area contributed by atoms with Crippen LogP contribution < -0.4 is 11.3 Å². The van der Waals surface area contributed by atoms with Crippen LogP contribution in [0, 0.1) is 12.5 Å². The number of terminal acetylenes is 1. The van der Waals surface area contributed by atoms with Crippen molar-refractivity contribution in [1.82, 2.24) is 19.5 Å². The van der Waals surface area contributed by atoms with Gasteiger partial charge >= 0.3 is 0 Å². The zero-order valence-electron chi connectivity index (χ0n) is 11.2. The third-order valence-electron chi connectivity index (χ3n) is 3.42. The van der Waals surface area contributed by atoms with Crippen LogP contribution in [0.15, 0.2) is 11.1 Å². The van der Waals surface area contributed by atoms with Crippen molar-refractivity contribution in [3.05, 3.63) is 16.7 Å². The van der Waals surface area contributed by atoms with Crippen molar-refractivity contribution in [2.45, 2.75) is 24.5 Å². The number of aliphatic hydroxyl groups is 2. The van der Waals surface area contributed by atoms with Crippen LogP contribution in [0.3, 0.4) is 0 Å². The average Bonchev–Trinajstić information content (AvgIpc) is 3.02. The van der Waals surface area contributed by atoms with E-state index in [-0.39, 0.29) is 17.1 Å². The van der Waals surface area contributed by atoms with Crippen LogP contribution in [0.4, 0.5) is 5.95 Å². The Balaban J connectivity index is 2.10. The van der Waals surface area contributed by atoms with E-state index in [2.05, 4.69) is 15.0 Å². The van der Waals surface area contributed by atoms with Gasteiger partial charge in [0.2, 0.25) is 5.95 Å². The molecule has 3 rings (SSSR count). The molecule has 0 saturated carbocycles. The molecule has 0 spiro atoms. The molecule has 0 radical (unpaired) electrons. The van der Waals surface area contributed by atoms with Gasteiger partial charge in [-0.25, -0.2) is 4.98 Å². The van der Waals surface area contributed by atoms with E-state index in [4.69, 9.17) is 21.6 Å². The minimum atomic E-state index is -1.15. The van der Waals surface area contributed by atoms with Crippen LogP contribution in [-0.4, -0.2) is 54.7 Å². The highest BCUT2D eigenvalue weighted by Gasteiger charge is 2.46. The lowest BCUT2D eigenvalue weighted by Gasteiger charge is -2.19. The van der Waals surface area contributed by atoms with E-state index in [1.54, 1.807) is 0 Å². The number of hydrogen-bond donors (Lipinski definition) is 4. The lowest BCUT2D eigenvalue weighted by molar-refractivity contribution is -0.0510. The summed E-state index contributed by atoms with van der Waals surface area (Å²) in [6.45, 7) is -0.426. The number of nitrogens with zero attached hydrogens (tertiary/aromatic N) is 3. The van der Waals surface area contributed by atoms with Gasteiger partial charge in [-0.3, -0.25) is 14.3 Å².